The summed E-state index contributed by atoms with van der Waals surface area (Å²) < 4.78 is 2.01. The van der Waals surface area contributed by atoms with Crippen molar-refractivity contribution in [2.45, 2.75) is 43.3 Å². The van der Waals surface area contributed by atoms with Gasteiger partial charge in [0.25, 0.3) is 0 Å². The summed E-state index contributed by atoms with van der Waals surface area (Å²) in [5.74, 6) is 0.943. The topological polar surface area (TPSA) is 77.0 Å². The van der Waals surface area contributed by atoms with E-state index in [2.05, 4.69) is 24.0 Å². The van der Waals surface area contributed by atoms with Crippen LogP contribution in [0.5, 0.6) is 0 Å². The van der Waals surface area contributed by atoms with Gasteiger partial charge in [-0.25, -0.2) is 0 Å². The van der Waals surface area contributed by atoms with Gasteiger partial charge in [0.2, 0.25) is 5.91 Å². The molecular weight excluding hydrogens is 250 g/mol. The molecule has 0 spiro atoms. The van der Waals surface area contributed by atoms with Gasteiger partial charge in [0, 0.05) is 19.6 Å². The molecule has 0 aliphatic carbocycles. The molecule has 1 aliphatic rings. The Labute approximate surface area is 111 Å². The van der Waals surface area contributed by atoms with Gasteiger partial charge >= 0.3 is 0 Å². The second-order valence-corrected chi connectivity index (χ2v) is 5.89. The summed E-state index contributed by atoms with van der Waals surface area (Å²) >= 11 is 1.50. The molecule has 2 rings (SSSR count). The Kier molecular flexibility index (Phi) is 3.91. The van der Waals surface area contributed by atoms with Crippen molar-refractivity contribution in [2.24, 2.45) is 5.73 Å². The summed E-state index contributed by atoms with van der Waals surface area (Å²) in [7, 11) is 1.83. The molecule has 2 N–H and O–H groups in total. The fraction of sp³-hybridized carbons (Fsp3) is 0.727. The van der Waals surface area contributed by atoms with E-state index in [1.165, 1.54) is 11.8 Å². The molecule has 0 radical (unpaired) electrons. The van der Waals surface area contributed by atoms with E-state index < -0.39 is 0 Å². The second kappa shape index (κ2) is 5.27. The van der Waals surface area contributed by atoms with Gasteiger partial charge in [0.1, 0.15) is 5.82 Å². The largest absolute Gasteiger partial charge is 0.345 e. The zero-order valence-corrected chi connectivity index (χ0v) is 11.8. The summed E-state index contributed by atoms with van der Waals surface area (Å²) in [5.41, 5.74) is 5.65. The third-order valence-corrected chi connectivity index (χ3v) is 4.27. The molecule has 1 aliphatic heterocycles. The lowest BCUT2D eigenvalue weighted by molar-refractivity contribution is -0.126. The number of carbonyl (C=O) groups excluding carboxylic acids is 1. The van der Waals surface area contributed by atoms with E-state index in [1.54, 1.807) is 4.90 Å². The Hall–Kier alpha value is -1.08. The Morgan fingerprint density at radius 1 is 1.50 bits per heavy atom. The first kappa shape index (κ1) is 13.4. The molecule has 1 fully saturated rings. The van der Waals surface area contributed by atoms with Gasteiger partial charge in [0.15, 0.2) is 5.16 Å². The predicted octanol–water partition coefficient (Wildman–Crippen LogP) is 0.640. The lowest BCUT2D eigenvalue weighted by Crippen LogP contribution is -2.24. The molecule has 100 valence electrons. The minimum Gasteiger partial charge on any atom is -0.345 e. The Balaban J connectivity index is 2.19. The summed E-state index contributed by atoms with van der Waals surface area (Å²) in [4.78, 5) is 13.7. The lowest BCUT2D eigenvalue weighted by Gasteiger charge is -2.14. The van der Waals surface area contributed by atoms with E-state index in [9.17, 15) is 4.79 Å². The van der Waals surface area contributed by atoms with Crippen LogP contribution in [0, 0.1) is 0 Å². The number of thioether (sulfide) groups is 1. The fourth-order valence-electron chi connectivity index (χ4n) is 2.07. The van der Waals surface area contributed by atoms with E-state index in [1.807, 2.05) is 11.6 Å². The van der Waals surface area contributed by atoms with Crippen molar-refractivity contribution in [2.75, 3.05) is 13.6 Å². The average Bonchev–Trinajstić information content (AvgIpc) is 2.87. The summed E-state index contributed by atoms with van der Waals surface area (Å²) in [6, 6.07) is 0.246. The van der Waals surface area contributed by atoms with Crippen LogP contribution in [-0.4, -0.2) is 44.4 Å². The van der Waals surface area contributed by atoms with Crippen LogP contribution in [0.3, 0.4) is 0 Å². The van der Waals surface area contributed by atoms with Gasteiger partial charge in [-0.1, -0.05) is 11.8 Å². The van der Waals surface area contributed by atoms with Crippen molar-refractivity contribution < 1.29 is 4.79 Å². The molecule has 7 heteroatoms. The summed E-state index contributed by atoms with van der Waals surface area (Å²) in [5, 5.41) is 8.99. The molecule has 1 aromatic rings. The highest BCUT2D eigenvalue weighted by Gasteiger charge is 2.31. The number of nitrogens with two attached hydrogens (primary N) is 1. The third kappa shape index (κ3) is 2.37. The number of rotatable bonds is 4. The quantitative estimate of drug-likeness (QED) is 0.868. The van der Waals surface area contributed by atoms with Crippen molar-refractivity contribution in [1.29, 1.82) is 0 Å². The van der Waals surface area contributed by atoms with Crippen molar-refractivity contribution in [3.8, 4) is 0 Å². The van der Waals surface area contributed by atoms with Crippen molar-refractivity contribution >= 4 is 17.7 Å². The van der Waals surface area contributed by atoms with Crippen LogP contribution in [0.4, 0.5) is 0 Å². The van der Waals surface area contributed by atoms with E-state index in [-0.39, 0.29) is 17.2 Å². The summed E-state index contributed by atoms with van der Waals surface area (Å²) in [6.45, 7) is 5.31. The Morgan fingerprint density at radius 3 is 2.72 bits per heavy atom. The molecule has 0 bridgehead atoms. The molecule has 2 heterocycles. The van der Waals surface area contributed by atoms with E-state index in [4.69, 9.17) is 5.73 Å². The van der Waals surface area contributed by atoms with E-state index in [0.29, 0.717) is 6.54 Å². The van der Waals surface area contributed by atoms with Crippen LogP contribution in [0.15, 0.2) is 5.16 Å². The lowest BCUT2D eigenvalue weighted by atomic mass is 10.4. The average molecular weight is 269 g/mol. The standard InChI is InChI=1S/C11H19N5OS/c1-7(2)16-9(6-12)13-14-11(16)18-8-4-5-15(3)10(8)17/h7-8H,4-6,12H2,1-3H3. The van der Waals surface area contributed by atoms with Gasteiger partial charge < -0.3 is 15.2 Å². The van der Waals surface area contributed by atoms with Crippen LogP contribution < -0.4 is 5.73 Å². The van der Waals surface area contributed by atoms with Gasteiger partial charge in [-0.15, -0.1) is 10.2 Å². The third-order valence-electron chi connectivity index (χ3n) is 3.06. The predicted molar refractivity (Wildman–Crippen MR) is 70.2 cm³/mol. The minimum absolute atomic E-state index is 0.0395. The SMILES string of the molecule is CC(C)n1c(CN)nnc1SC1CCN(C)C1=O. The van der Waals surface area contributed by atoms with Crippen LogP contribution in [-0.2, 0) is 11.3 Å². The highest BCUT2D eigenvalue weighted by molar-refractivity contribution is 8.00. The normalized spacial score (nSPS) is 20.2. The molecule has 1 amide bonds. The highest BCUT2D eigenvalue weighted by atomic mass is 32.2. The zero-order chi connectivity index (χ0) is 13.3. The highest BCUT2D eigenvalue weighted by Crippen LogP contribution is 2.30. The zero-order valence-electron chi connectivity index (χ0n) is 11.0. The maximum atomic E-state index is 11.9. The first-order valence-electron chi connectivity index (χ1n) is 6.10. The van der Waals surface area contributed by atoms with E-state index >= 15 is 0 Å². The monoisotopic (exact) mass is 269 g/mol. The van der Waals surface area contributed by atoms with E-state index in [0.717, 1.165) is 23.9 Å². The second-order valence-electron chi connectivity index (χ2n) is 4.72. The number of likely N-dealkylation sites (tertiary alicyclic amines) is 1. The first-order valence-corrected chi connectivity index (χ1v) is 6.98. The van der Waals surface area contributed by atoms with Crippen LogP contribution in [0.2, 0.25) is 0 Å². The molecule has 1 atom stereocenters. The summed E-state index contributed by atoms with van der Waals surface area (Å²) in [6.07, 6.45) is 0.864. The Morgan fingerprint density at radius 2 is 2.22 bits per heavy atom. The number of hydrogen-bond acceptors (Lipinski definition) is 5. The number of carbonyl (C=O) groups is 1. The number of amides is 1. The molecule has 1 saturated heterocycles. The fourth-order valence-corrected chi connectivity index (χ4v) is 3.35. The van der Waals surface area contributed by atoms with Crippen LogP contribution >= 0.6 is 11.8 Å². The Bertz CT molecular complexity index is 445. The van der Waals surface area contributed by atoms with Crippen molar-refractivity contribution in [3.05, 3.63) is 5.82 Å². The van der Waals surface area contributed by atoms with Gasteiger partial charge in [-0.05, 0) is 20.3 Å². The molecule has 18 heavy (non-hydrogen) atoms. The molecule has 1 unspecified atom stereocenters. The molecule has 0 aromatic carbocycles. The van der Waals surface area contributed by atoms with Crippen LogP contribution in [0.25, 0.3) is 0 Å². The van der Waals surface area contributed by atoms with Gasteiger partial charge in [0.05, 0.1) is 11.8 Å². The maximum absolute atomic E-state index is 11.9. The van der Waals surface area contributed by atoms with Gasteiger partial charge in [-0.3, -0.25) is 4.79 Å². The van der Waals surface area contributed by atoms with Crippen LogP contribution in [0.1, 0.15) is 32.1 Å². The first-order chi connectivity index (χ1) is 8.54. The smallest absolute Gasteiger partial charge is 0.235 e. The van der Waals surface area contributed by atoms with Crippen molar-refractivity contribution in [3.63, 3.8) is 0 Å². The molecule has 6 nitrogen and oxygen atoms in total. The number of hydrogen-bond donors (Lipinski definition) is 1. The molecular formula is C11H19N5OS. The molecule has 1 aromatic heterocycles. The minimum atomic E-state index is -0.0395. The number of nitrogens with zero attached hydrogens (tertiary/aromatic N) is 4. The maximum Gasteiger partial charge on any atom is 0.235 e. The molecule has 0 saturated carbocycles. The van der Waals surface area contributed by atoms with Crippen molar-refractivity contribution in [1.82, 2.24) is 19.7 Å². The number of aromatic nitrogens is 3. The van der Waals surface area contributed by atoms with Gasteiger partial charge in [-0.2, -0.15) is 0 Å².